The monoisotopic (exact) mass is 359 g/mol. The quantitative estimate of drug-likeness (QED) is 0.751. The van der Waals surface area contributed by atoms with Crippen molar-refractivity contribution in [1.82, 2.24) is 4.98 Å². The molecule has 0 spiro atoms. The van der Waals surface area contributed by atoms with Crippen molar-refractivity contribution in [1.29, 1.82) is 0 Å². The number of hydrogen-bond donors (Lipinski definition) is 1. The van der Waals surface area contributed by atoms with Crippen LogP contribution in [0.25, 0.3) is 5.57 Å². The van der Waals surface area contributed by atoms with Gasteiger partial charge in [-0.3, -0.25) is 9.78 Å². The van der Waals surface area contributed by atoms with Crippen molar-refractivity contribution in [3.05, 3.63) is 71.3 Å². The summed E-state index contributed by atoms with van der Waals surface area (Å²) in [6, 6.07) is 4.15. The van der Waals surface area contributed by atoms with Crippen LogP contribution in [0.15, 0.2) is 65.7 Å². The summed E-state index contributed by atoms with van der Waals surface area (Å²) in [6.45, 7) is 4.62. The molecule has 1 aromatic heterocycles. The molecule has 1 saturated carbocycles. The van der Waals surface area contributed by atoms with E-state index in [1.165, 1.54) is 16.7 Å². The molecule has 4 atom stereocenters. The molecule has 0 aliphatic heterocycles. The second-order valence-electron chi connectivity index (χ2n) is 8.91. The molecule has 0 amide bonds. The normalized spacial score (nSPS) is 37.3. The van der Waals surface area contributed by atoms with Crippen LogP contribution in [0.3, 0.4) is 0 Å². The van der Waals surface area contributed by atoms with Crippen molar-refractivity contribution in [2.75, 3.05) is 0 Å². The molecule has 1 N–H and O–H groups in total. The first-order valence-electron chi connectivity index (χ1n) is 9.93. The Hall–Kier alpha value is -2.42. The Bertz CT molecular complexity index is 952. The number of hydrogen-bond acceptors (Lipinski definition) is 3. The molecule has 0 bridgehead atoms. The highest BCUT2D eigenvalue weighted by molar-refractivity contribution is 5.95. The Labute approximate surface area is 160 Å². The van der Waals surface area contributed by atoms with Crippen LogP contribution in [-0.4, -0.2) is 15.9 Å². The van der Waals surface area contributed by atoms with Crippen molar-refractivity contribution in [2.24, 2.45) is 22.7 Å². The van der Waals surface area contributed by atoms with E-state index in [0.717, 1.165) is 24.8 Å². The smallest absolute Gasteiger partial charge is 0.197 e. The van der Waals surface area contributed by atoms with Gasteiger partial charge in [0, 0.05) is 41.1 Å². The van der Waals surface area contributed by atoms with E-state index in [-0.39, 0.29) is 22.4 Å². The van der Waals surface area contributed by atoms with Gasteiger partial charge in [-0.25, -0.2) is 0 Å². The lowest BCUT2D eigenvalue weighted by atomic mass is 9.50. The van der Waals surface area contributed by atoms with Gasteiger partial charge in [0.05, 0.1) is 0 Å². The molecule has 4 aliphatic carbocycles. The van der Waals surface area contributed by atoms with Crippen LogP contribution in [0.2, 0.25) is 0 Å². The Morgan fingerprint density at radius 2 is 2.07 bits per heavy atom. The number of aromatic nitrogens is 1. The number of aliphatic hydroxyl groups is 1. The molecular formula is C24H25NO2. The predicted molar refractivity (Wildman–Crippen MR) is 106 cm³/mol. The van der Waals surface area contributed by atoms with E-state index < -0.39 is 0 Å². The van der Waals surface area contributed by atoms with Gasteiger partial charge in [-0.1, -0.05) is 49.8 Å². The summed E-state index contributed by atoms with van der Waals surface area (Å²) in [7, 11) is 0. The van der Waals surface area contributed by atoms with Crippen LogP contribution in [-0.2, 0) is 4.79 Å². The molecule has 3 nitrogen and oxygen atoms in total. The van der Waals surface area contributed by atoms with Gasteiger partial charge in [-0.2, -0.15) is 0 Å². The molecule has 138 valence electrons. The van der Waals surface area contributed by atoms with Gasteiger partial charge >= 0.3 is 0 Å². The lowest BCUT2D eigenvalue weighted by Gasteiger charge is -2.53. The molecule has 0 saturated heterocycles. The predicted octanol–water partition coefficient (Wildman–Crippen LogP) is 5.19. The number of fused-ring (bicyclic) bond motifs is 5. The second-order valence-corrected chi connectivity index (χ2v) is 8.91. The van der Waals surface area contributed by atoms with E-state index in [0.29, 0.717) is 18.3 Å². The van der Waals surface area contributed by atoms with E-state index in [9.17, 15) is 9.90 Å². The van der Waals surface area contributed by atoms with E-state index in [4.69, 9.17) is 0 Å². The van der Waals surface area contributed by atoms with Crippen molar-refractivity contribution in [2.45, 2.75) is 39.5 Å². The number of Topliss-reactive ketones (excluding diaryl/α,β-unsaturated/α-hetero) is 1. The number of allylic oxidation sites excluding steroid dienone is 8. The third-order valence-corrected chi connectivity index (χ3v) is 7.68. The average molecular weight is 359 g/mol. The van der Waals surface area contributed by atoms with Crippen LogP contribution < -0.4 is 0 Å². The summed E-state index contributed by atoms with van der Waals surface area (Å²) < 4.78 is 0. The van der Waals surface area contributed by atoms with E-state index in [1.807, 2.05) is 24.5 Å². The third-order valence-electron chi connectivity index (χ3n) is 7.68. The number of nitrogens with zero attached hydrogens (tertiary/aromatic N) is 1. The van der Waals surface area contributed by atoms with Gasteiger partial charge in [-0.15, -0.1) is 0 Å². The van der Waals surface area contributed by atoms with Crippen molar-refractivity contribution in [3.63, 3.8) is 0 Å². The van der Waals surface area contributed by atoms with E-state index >= 15 is 0 Å². The maximum absolute atomic E-state index is 12.0. The first kappa shape index (κ1) is 16.7. The lowest BCUT2D eigenvalue weighted by molar-refractivity contribution is -0.120. The zero-order valence-corrected chi connectivity index (χ0v) is 15.9. The molecule has 0 radical (unpaired) electrons. The first-order chi connectivity index (χ1) is 12.9. The zero-order chi connectivity index (χ0) is 18.8. The molecule has 1 fully saturated rings. The molecule has 4 unspecified atom stereocenters. The number of carbonyl (C=O) groups is 1. The fourth-order valence-corrected chi connectivity index (χ4v) is 6.09. The first-order valence-corrected chi connectivity index (χ1v) is 9.93. The summed E-state index contributed by atoms with van der Waals surface area (Å²) in [6.07, 6.45) is 16.1. The highest BCUT2D eigenvalue weighted by Gasteiger charge is 2.54. The molecular weight excluding hydrogens is 334 g/mol. The van der Waals surface area contributed by atoms with Crippen LogP contribution in [0.1, 0.15) is 45.1 Å². The number of ketones is 1. The van der Waals surface area contributed by atoms with Crippen molar-refractivity contribution in [3.8, 4) is 0 Å². The fourth-order valence-electron chi connectivity index (χ4n) is 6.09. The summed E-state index contributed by atoms with van der Waals surface area (Å²) in [4.78, 5) is 16.3. The Morgan fingerprint density at radius 1 is 1.22 bits per heavy atom. The van der Waals surface area contributed by atoms with Crippen molar-refractivity contribution < 1.29 is 9.90 Å². The largest absolute Gasteiger partial charge is 0.504 e. The Balaban J connectivity index is 1.56. The zero-order valence-electron chi connectivity index (χ0n) is 15.9. The molecule has 3 heteroatoms. The number of carbonyl (C=O) groups excluding carboxylic acids is 1. The Kier molecular flexibility index (Phi) is 3.43. The minimum atomic E-state index is -0.114. The minimum Gasteiger partial charge on any atom is -0.504 e. The number of pyridine rings is 1. The molecule has 0 aromatic carbocycles. The summed E-state index contributed by atoms with van der Waals surface area (Å²) >= 11 is 0. The fraction of sp³-hybridized carbons (Fsp3) is 0.417. The van der Waals surface area contributed by atoms with Crippen LogP contribution in [0.4, 0.5) is 0 Å². The van der Waals surface area contributed by atoms with E-state index in [1.54, 1.807) is 0 Å². The van der Waals surface area contributed by atoms with Crippen LogP contribution >= 0.6 is 0 Å². The van der Waals surface area contributed by atoms with E-state index in [2.05, 4.69) is 43.1 Å². The maximum atomic E-state index is 12.0. The maximum Gasteiger partial charge on any atom is 0.197 e. The van der Waals surface area contributed by atoms with Crippen molar-refractivity contribution >= 4 is 11.4 Å². The second kappa shape index (κ2) is 5.54. The highest BCUT2D eigenvalue weighted by atomic mass is 16.3. The topological polar surface area (TPSA) is 50.2 Å². The molecule has 1 heterocycles. The molecule has 4 aliphatic rings. The summed E-state index contributed by atoms with van der Waals surface area (Å²) in [5.74, 6) is 0.700. The van der Waals surface area contributed by atoms with Gasteiger partial charge in [-0.05, 0) is 42.4 Å². The minimum absolute atomic E-state index is 0.00126. The van der Waals surface area contributed by atoms with Gasteiger partial charge in [0.2, 0.25) is 0 Å². The van der Waals surface area contributed by atoms with Crippen LogP contribution in [0, 0.1) is 22.7 Å². The summed E-state index contributed by atoms with van der Waals surface area (Å²) in [5.41, 5.74) is 4.84. The van der Waals surface area contributed by atoms with Gasteiger partial charge in [0.1, 0.15) is 0 Å². The van der Waals surface area contributed by atoms with Gasteiger partial charge in [0.15, 0.2) is 11.5 Å². The SMILES string of the molecule is CC12CCC3C(C=CC4=C(O)C(=O)CCC43C)C1=CC=C2c1cccnc1. The average Bonchev–Trinajstić information content (AvgIpc) is 3.03. The third kappa shape index (κ3) is 2.14. The standard InChI is InChI=1S/C24H25NO2/c1-23-11-9-19-16(5-6-20-22(27)21(26)10-12-24(19,20)2)18(23)8-7-17(23)15-4-3-13-25-14-15/h3-8,13-14,16,19,27H,9-12H2,1-2H3. The lowest BCUT2D eigenvalue weighted by Crippen LogP contribution is -2.46. The van der Waals surface area contributed by atoms with Gasteiger partial charge in [0.25, 0.3) is 0 Å². The molecule has 1 aromatic rings. The molecule has 27 heavy (non-hydrogen) atoms. The van der Waals surface area contributed by atoms with Gasteiger partial charge < -0.3 is 5.11 Å². The highest BCUT2D eigenvalue weighted by Crippen LogP contribution is 2.63. The van der Waals surface area contributed by atoms with Crippen LogP contribution in [0.5, 0.6) is 0 Å². The molecule has 5 rings (SSSR count). The number of rotatable bonds is 1. The Morgan fingerprint density at radius 3 is 2.85 bits per heavy atom. The number of aliphatic hydroxyl groups excluding tert-OH is 1. The summed E-state index contributed by atoms with van der Waals surface area (Å²) in [5, 5.41) is 10.4.